The zero-order valence-corrected chi connectivity index (χ0v) is 13.1. The predicted molar refractivity (Wildman–Crippen MR) is 80.9 cm³/mol. The van der Waals surface area contributed by atoms with Gasteiger partial charge in [-0.3, -0.25) is 0 Å². The van der Waals surface area contributed by atoms with Crippen LogP contribution in [0.4, 0.5) is 0 Å². The van der Waals surface area contributed by atoms with E-state index in [2.05, 4.69) is 19.9 Å². The molecule has 0 aliphatic rings. The van der Waals surface area contributed by atoms with Crippen LogP contribution < -0.4 is 0 Å². The number of phenolic OH excluding ortho intramolecular Hbond substituents is 1. The lowest BCUT2D eigenvalue weighted by atomic mass is 10.1. The van der Waals surface area contributed by atoms with E-state index < -0.39 is 0 Å². The summed E-state index contributed by atoms with van der Waals surface area (Å²) in [6.07, 6.45) is 1.94. The van der Waals surface area contributed by atoms with Gasteiger partial charge in [0, 0.05) is 0 Å². The van der Waals surface area contributed by atoms with E-state index >= 15 is 0 Å². The average Bonchev–Trinajstić information content (AvgIpc) is 2.46. The van der Waals surface area contributed by atoms with Crippen LogP contribution in [0.2, 0.25) is 0 Å². The lowest BCUT2D eigenvalue weighted by Crippen LogP contribution is -1.85. The molecule has 1 rings (SSSR count). The van der Waals surface area contributed by atoms with Gasteiger partial charge >= 0.3 is 0 Å². The molecule has 0 aliphatic heterocycles. The summed E-state index contributed by atoms with van der Waals surface area (Å²) in [5.74, 6) is 0.421. The Labute approximate surface area is 109 Å². The average molecular weight is 240 g/mol. The SMILES string of the molecule is CC.CC.CC.CCc1ccc(O)c(CC)c1. The molecule has 0 heterocycles. The lowest BCUT2D eigenvalue weighted by Gasteiger charge is -2.03. The first-order valence-corrected chi connectivity index (χ1v) is 7.08. The van der Waals surface area contributed by atoms with Crippen LogP contribution in [-0.2, 0) is 12.8 Å². The monoisotopic (exact) mass is 240 g/mol. The Morgan fingerprint density at radius 3 is 1.65 bits per heavy atom. The van der Waals surface area contributed by atoms with Gasteiger partial charge in [0.1, 0.15) is 5.75 Å². The Morgan fingerprint density at radius 2 is 1.29 bits per heavy atom. The molecule has 0 fully saturated rings. The van der Waals surface area contributed by atoms with E-state index in [0.717, 1.165) is 18.4 Å². The second-order valence-corrected chi connectivity index (χ2v) is 2.67. The molecule has 102 valence electrons. The van der Waals surface area contributed by atoms with Crippen molar-refractivity contribution in [1.29, 1.82) is 0 Å². The van der Waals surface area contributed by atoms with Crippen molar-refractivity contribution in [2.24, 2.45) is 0 Å². The summed E-state index contributed by atoms with van der Waals surface area (Å²) in [5, 5.41) is 9.33. The van der Waals surface area contributed by atoms with E-state index in [4.69, 9.17) is 0 Å². The molecule has 0 amide bonds. The molecule has 0 aliphatic carbocycles. The van der Waals surface area contributed by atoms with E-state index in [1.54, 1.807) is 6.07 Å². The normalized spacial score (nSPS) is 7.53. The van der Waals surface area contributed by atoms with Crippen LogP contribution in [0.3, 0.4) is 0 Å². The molecule has 0 saturated heterocycles. The maximum Gasteiger partial charge on any atom is 0.118 e. The molecular formula is C16H32O. The first-order valence-electron chi connectivity index (χ1n) is 7.08. The van der Waals surface area contributed by atoms with E-state index in [1.807, 2.05) is 47.6 Å². The zero-order chi connectivity index (χ0) is 14.3. The molecule has 0 bridgehead atoms. The maximum atomic E-state index is 9.33. The topological polar surface area (TPSA) is 20.2 Å². The third kappa shape index (κ3) is 9.92. The fourth-order valence-electron chi connectivity index (χ4n) is 1.14. The van der Waals surface area contributed by atoms with Crippen LogP contribution in [0, 0.1) is 0 Å². The number of rotatable bonds is 2. The van der Waals surface area contributed by atoms with Crippen molar-refractivity contribution in [3.63, 3.8) is 0 Å². The molecule has 1 aromatic rings. The van der Waals surface area contributed by atoms with Gasteiger partial charge in [0.25, 0.3) is 0 Å². The Balaban J connectivity index is -0.000000285. The van der Waals surface area contributed by atoms with Crippen LogP contribution in [0.1, 0.15) is 66.5 Å². The number of aryl methyl sites for hydroxylation is 2. The fraction of sp³-hybridized carbons (Fsp3) is 0.625. The molecular weight excluding hydrogens is 208 g/mol. The quantitative estimate of drug-likeness (QED) is 0.714. The van der Waals surface area contributed by atoms with Crippen LogP contribution in [0.5, 0.6) is 5.75 Å². The van der Waals surface area contributed by atoms with Crippen molar-refractivity contribution >= 4 is 0 Å². The smallest absolute Gasteiger partial charge is 0.118 e. The number of benzene rings is 1. The summed E-state index contributed by atoms with van der Waals surface area (Å²) < 4.78 is 0. The molecule has 0 aromatic heterocycles. The molecule has 0 unspecified atom stereocenters. The van der Waals surface area contributed by atoms with E-state index in [9.17, 15) is 5.11 Å². The Bertz CT molecular complexity index is 241. The minimum absolute atomic E-state index is 0.421. The van der Waals surface area contributed by atoms with Gasteiger partial charge in [0.2, 0.25) is 0 Å². The van der Waals surface area contributed by atoms with E-state index in [0.29, 0.717) is 5.75 Å². The molecule has 0 radical (unpaired) electrons. The van der Waals surface area contributed by atoms with Gasteiger partial charge in [0.15, 0.2) is 0 Å². The molecule has 0 saturated carbocycles. The maximum absolute atomic E-state index is 9.33. The highest BCUT2D eigenvalue weighted by Gasteiger charge is 1.98. The van der Waals surface area contributed by atoms with Gasteiger partial charge in [-0.25, -0.2) is 0 Å². The van der Waals surface area contributed by atoms with Gasteiger partial charge in [-0.2, -0.15) is 0 Å². The predicted octanol–water partition coefficient (Wildman–Crippen LogP) is 5.60. The largest absolute Gasteiger partial charge is 0.508 e. The fourth-order valence-corrected chi connectivity index (χ4v) is 1.14. The number of phenols is 1. The van der Waals surface area contributed by atoms with Crippen molar-refractivity contribution in [3.05, 3.63) is 29.3 Å². The standard InChI is InChI=1S/C10H14O.3C2H6/c1-3-8-5-6-10(11)9(4-2)7-8;3*1-2/h5-7,11H,3-4H2,1-2H3;3*1-2H3. The van der Waals surface area contributed by atoms with Gasteiger partial charge in [-0.1, -0.05) is 67.5 Å². The summed E-state index contributed by atoms with van der Waals surface area (Å²) in [5.41, 5.74) is 2.34. The summed E-state index contributed by atoms with van der Waals surface area (Å²) in [4.78, 5) is 0. The molecule has 17 heavy (non-hydrogen) atoms. The van der Waals surface area contributed by atoms with Crippen molar-refractivity contribution < 1.29 is 5.11 Å². The van der Waals surface area contributed by atoms with E-state index in [-0.39, 0.29) is 0 Å². The number of hydrogen-bond donors (Lipinski definition) is 1. The Morgan fingerprint density at radius 1 is 0.824 bits per heavy atom. The molecule has 1 heteroatoms. The molecule has 0 spiro atoms. The number of hydrogen-bond acceptors (Lipinski definition) is 1. The summed E-state index contributed by atoms with van der Waals surface area (Å²) >= 11 is 0. The second-order valence-electron chi connectivity index (χ2n) is 2.67. The minimum atomic E-state index is 0.421. The van der Waals surface area contributed by atoms with Crippen molar-refractivity contribution in [1.82, 2.24) is 0 Å². The van der Waals surface area contributed by atoms with Gasteiger partial charge in [-0.15, -0.1) is 0 Å². The number of aromatic hydroxyl groups is 1. The second kappa shape index (κ2) is 17.4. The summed E-state index contributed by atoms with van der Waals surface area (Å²) in [7, 11) is 0. The van der Waals surface area contributed by atoms with Crippen LogP contribution >= 0.6 is 0 Å². The van der Waals surface area contributed by atoms with Crippen LogP contribution in [0.15, 0.2) is 18.2 Å². The summed E-state index contributed by atoms with van der Waals surface area (Å²) in [6.45, 7) is 16.2. The Hall–Kier alpha value is -0.980. The van der Waals surface area contributed by atoms with Gasteiger partial charge in [-0.05, 0) is 30.0 Å². The van der Waals surface area contributed by atoms with Crippen molar-refractivity contribution in [3.8, 4) is 5.75 Å². The van der Waals surface area contributed by atoms with Crippen LogP contribution in [0.25, 0.3) is 0 Å². The first-order chi connectivity index (χ1) is 8.27. The minimum Gasteiger partial charge on any atom is -0.508 e. The highest BCUT2D eigenvalue weighted by atomic mass is 16.3. The molecule has 0 atom stereocenters. The third-order valence-corrected chi connectivity index (χ3v) is 1.93. The molecule has 1 N–H and O–H groups in total. The van der Waals surface area contributed by atoms with E-state index in [1.165, 1.54) is 5.56 Å². The highest BCUT2D eigenvalue weighted by Crippen LogP contribution is 2.18. The molecule has 1 nitrogen and oxygen atoms in total. The zero-order valence-electron chi connectivity index (χ0n) is 13.1. The van der Waals surface area contributed by atoms with Gasteiger partial charge in [0.05, 0.1) is 0 Å². The first kappa shape index (κ1) is 21.3. The summed E-state index contributed by atoms with van der Waals surface area (Å²) in [6, 6.07) is 5.81. The molecule has 1 aromatic carbocycles. The van der Waals surface area contributed by atoms with Crippen LogP contribution in [-0.4, -0.2) is 5.11 Å². The van der Waals surface area contributed by atoms with Gasteiger partial charge < -0.3 is 5.11 Å². The Kier molecular flexibility index (Phi) is 21.8. The highest BCUT2D eigenvalue weighted by molar-refractivity contribution is 5.35. The third-order valence-electron chi connectivity index (χ3n) is 1.93. The van der Waals surface area contributed by atoms with Crippen molar-refractivity contribution in [2.75, 3.05) is 0 Å². The van der Waals surface area contributed by atoms with Crippen molar-refractivity contribution in [2.45, 2.75) is 68.2 Å². The lowest BCUT2D eigenvalue weighted by molar-refractivity contribution is 0.468.